The Bertz CT molecular complexity index is 954. The summed E-state index contributed by atoms with van der Waals surface area (Å²) < 4.78 is 24.1. The van der Waals surface area contributed by atoms with Crippen LogP contribution in [0.15, 0.2) is 47.6 Å². The summed E-state index contributed by atoms with van der Waals surface area (Å²) in [7, 11) is -3.46. The number of carbonyl (C=O) groups is 1. The van der Waals surface area contributed by atoms with Gasteiger partial charge in [-0.2, -0.15) is 0 Å². The first-order valence-electron chi connectivity index (χ1n) is 9.97. The van der Waals surface area contributed by atoms with Crippen molar-refractivity contribution in [3.05, 3.63) is 53.7 Å². The van der Waals surface area contributed by atoms with E-state index >= 15 is 0 Å². The zero-order valence-corrected chi connectivity index (χ0v) is 18.4. The summed E-state index contributed by atoms with van der Waals surface area (Å²) >= 11 is 0. The van der Waals surface area contributed by atoms with Gasteiger partial charge in [0.05, 0.1) is 16.6 Å². The van der Waals surface area contributed by atoms with E-state index in [-0.39, 0.29) is 10.9 Å². The molecule has 1 aliphatic heterocycles. The van der Waals surface area contributed by atoms with Crippen LogP contribution in [0.5, 0.6) is 0 Å². The van der Waals surface area contributed by atoms with Gasteiger partial charge in [0.2, 0.25) is 0 Å². The van der Waals surface area contributed by atoms with E-state index in [1.807, 2.05) is 29.2 Å². The summed E-state index contributed by atoms with van der Waals surface area (Å²) in [6.45, 7) is 9.72. The van der Waals surface area contributed by atoms with Crippen LogP contribution >= 0.6 is 0 Å². The van der Waals surface area contributed by atoms with Crippen molar-refractivity contribution < 1.29 is 13.2 Å². The van der Waals surface area contributed by atoms with E-state index in [0.29, 0.717) is 31.7 Å². The molecule has 0 aliphatic carbocycles. The maximum absolute atomic E-state index is 12.7. The normalized spacial score (nSPS) is 15.4. The molecule has 0 saturated carbocycles. The first-order valence-corrected chi connectivity index (χ1v) is 11.5. The van der Waals surface area contributed by atoms with Crippen LogP contribution in [0.25, 0.3) is 0 Å². The molecule has 3 rings (SSSR count). The van der Waals surface area contributed by atoms with E-state index in [2.05, 4.69) is 16.8 Å². The van der Waals surface area contributed by atoms with Gasteiger partial charge in [-0.15, -0.1) is 0 Å². The van der Waals surface area contributed by atoms with Crippen LogP contribution in [0.1, 0.15) is 43.6 Å². The van der Waals surface area contributed by atoms with Crippen LogP contribution in [0.2, 0.25) is 0 Å². The zero-order chi connectivity index (χ0) is 21.2. The van der Waals surface area contributed by atoms with Gasteiger partial charge in [-0.05, 0) is 57.0 Å². The van der Waals surface area contributed by atoms with Gasteiger partial charge in [0.15, 0.2) is 14.9 Å². The summed E-state index contributed by atoms with van der Waals surface area (Å²) in [4.78, 5) is 20.9. The van der Waals surface area contributed by atoms with Gasteiger partial charge in [0.1, 0.15) is 0 Å². The molecule has 29 heavy (non-hydrogen) atoms. The third-order valence-corrected chi connectivity index (χ3v) is 7.75. The lowest BCUT2D eigenvalue weighted by molar-refractivity contribution is 0.0746. The predicted molar refractivity (Wildman–Crippen MR) is 115 cm³/mol. The molecule has 0 unspecified atom stereocenters. The van der Waals surface area contributed by atoms with Crippen molar-refractivity contribution in [2.75, 3.05) is 31.1 Å². The number of hydrogen-bond acceptors (Lipinski definition) is 5. The number of benzene rings is 1. The second-order valence-electron chi connectivity index (χ2n) is 8.30. The second kappa shape index (κ2) is 8.14. The molecule has 7 heteroatoms. The number of rotatable bonds is 4. The number of anilines is 1. The second-order valence-corrected chi connectivity index (χ2v) is 11.0. The molecule has 1 fully saturated rings. The first kappa shape index (κ1) is 21.3. The highest BCUT2D eigenvalue weighted by Crippen LogP contribution is 2.25. The van der Waals surface area contributed by atoms with Gasteiger partial charge in [0, 0.05) is 31.7 Å². The summed E-state index contributed by atoms with van der Waals surface area (Å²) in [6, 6.07) is 11.2. The minimum absolute atomic E-state index is 0.0528. The highest BCUT2D eigenvalue weighted by atomic mass is 32.2. The standard InChI is InChI=1S/C22H29N3O3S/c1-5-17-6-8-18(9-7-17)21(26)25-14-12-24(13-15-25)19-10-11-20(23-16-19)29(27,28)22(2,3)4/h6-11,16H,5,12-15H2,1-4H3. The maximum atomic E-state index is 12.7. The molecule has 0 atom stereocenters. The molecule has 2 heterocycles. The lowest BCUT2D eigenvalue weighted by Gasteiger charge is -2.36. The average molecular weight is 416 g/mol. The lowest BCUT2D eigenvalue weighted by atomic mass is 10.1. The Balaban J connectivity index is 1.64. The van der Waals surface area contributed by atoms with E-state index in [1.54, 1.807) is 39.1 Å². The molecule has 1 aromatic heterocycles. The summed E-state index contributed by atoms with van der Waals surface area (Å²) in [5.74, 6) is 0.0528. The molecule has 1 amide bonds. The molecular weight excluding hydrogens is 386 g/mol. The number of nitrogens with zero attached hydrogens (tertiary/aromatic N) is 3. The summed E-state index contributed by atoms with van der Waals surface area (Å²) in [6.07, 6.45) is 2.57. The van der Waals surface area contributed by atoms with Crippen molar-refractivity contribution in [1.82, 2.24) is 9.88 Å². The minimum atomic E-state index is -3.46. The van der Waals surface area contributed by atoms with Gasteiger partial charge < -0.3 is 9.80 Å². The largest absolute Gasteiger partial charge is 0.367 e. The Kier molecular flexibility index (Phi) is 5.98. The Labute approximate surface area is 173 Å². The third-order valence-electron chi connectivity index (χ3n) is 5.34. The number of carbonyl (C=O) groups excluding carboxylic acids is 1. The van der Waals surface area contributed by atoms with E-state index in [0.717, 1.165) is 12.1 Å². The van der Waals surface area contributed by atoms with Crippen LogP contribution in [-0.4, -0.2) is 55.1 Å². The van der Waals surface area contributed by atoms with E-state index in [1.165, 1.54) is 5.56 Å². The number of piperazine rings is 1. The molecule has 1 saturated heterocycles. The average Bonchev–Trinajstić information content (AvgIpc) is 2.73. The van der Waals surface area contributed by atoms with Crippen LogP contribution in [0, 0.1) is 0 Å². The Morgan fingerprint density at radius 2 is 1.62 bits per heavy atom. The highest BCUT2D eigenvalue weighted by Gasteiger charge is 2.32. The SMILES string of the molecule is CCc1ccc(C(=O)N2CCN(c3ccc(S(=O)(=O)C(C)(C)C)nc3)CC2)cc1. The summed E-state index contributed by atoms with van der Waals surface area (Å²) in [5, 5.41) is 0.0955. The lowest BCUT2D eigenvalue weighted by Crippen LogP contribution is -2.48. The van der Waals surface area contributed by atoms with Gasteiger partial charge in [0.25, 0.3) is 5.91 Å². The fourth-order valence-electron chi connectivity index (χ4n) is 3.27. The third kappa shape index (κ3) is 4.45. The zero-order valence-electron chi connectivity index (χ0n) is 17.6. The monoisotopic (exact) mass is 415 g/mol. The molecule has 2 aromatic rings. The Hall–Kier alpha value is -2.41. The minimum Gasteiger partial charge on any atom is -0.367 e. The van der Waals surface area contributed by atoms with Crippen LogP contribution in [0.3, 0.4) is 0 Å². The van der Waals surface area contributed by atoms with Gasteiger partial charge >= 0.3 is 0 Å². The molecule has 156 valence electrons. The number of aryl methyl sites for hydroxylation is 1. The highest BCUT2D eigenvalue weighted by molar-refractivity contribution is 7.92. The van der Waals surface area contributed by atoms with Crippen molar-refractivity contribution in [3.63, 3.8) is 0 Å². The molecule has 0 spiro atoms. The molecule has 1 aromatic carbocycles. The molecule has 1 aliphatic rings. The number of hydrogen-bond donors (Lipinski definition) is 0. The number of pyridine rings is 1. The fraction of sp³-hybridized carbons (Fsp3) is 0.455. The van der Waals surface area contributed by atoms with Crippen LogP contribution in [-0.2, 0) is 16.3 Å². The Morgan fingerprint density at radius 3 is 2.10 bits per heavy atom. The molecule has 0 bridgehead atoms. The quantitative estimate of drug-likeness (QED) is 0.767. The van der Waals surface area contributed by atoms with E-state index in [4.69, 9.17) is 0 Å². The van der Waals surface area contributed by atoms with Crippen LogP contribution in [0.4, 0.5) is 5.69 Å². The van der Waals surface area contributed by atoms with Crippen LogP contribution < -0.4 is 4.90 Å². The number of amides is 1. The summed E-state index contributed by atoms with van der Waals surface area (Å²) in [5.41, 5.74) is 2.81. The molecular formula is C22H29N3O3S. The van der Waals surface area contributed by atoms with E-state index < -0.39 is 14.6 Å². The molecule has 0 N–H and O–H groups in total. The maximum Gasteiger partial charge on any atom is 0.253 e. The van der Waals surface area contributed by atoms with E-state index in [9.17, 15) is 13.2 Å². The van der Waals surface area contributed by atoms with Crippen molar-refractivity contribution in [1.29, 1.82) is 0 Å². The van der Waals surface area contributed by atoms with Crippen molar-refractivity contribution >= 4 is 21.4 Å². The fourth-order valence-corrected chi connectivity index (χ4v) is 4.33. The first-order chi connectivity index (χ1) is 13.6. The smallest absolute Gasteiger partial charge is 0.253 e. The Morgan fingerprint density at radius 1 is 1.00 bits per heavy atom. The van der Waals surface area contributed by atoms with Gasteiger partial charge in [-0.1, -0.05) is 19.1 Å². The topological polar surface area (TPSA) is 70.6 Å². The van der Waals surface area contributed by atoms with Gasteiger partial charge in [-0.25, -0.2) is 13.4 Å². The number of aromatic nitrogens is 1. The van der Waals surface area contributed by atoms with Gasteiger partial charge in [-0.3, -0.25) is 4.79 Å². The number of sulfone groups is 1. The van der Waals surface area contributed by atoms with Crippen molar-refractivity contribution in [3.8, 4) is 0 Å². The van der Waals surface area contributed by atoms with Crippen molar-refractivity contribution in [2.24, 2.45) is 0 Å². The predicted octanol–water partition coefficient (Wildman–Crippen LogP) is 3.18. The van der Waals surface area contributed by atoms with Crippen molar-refractivity contribution in [2.45, 2.75) is 43.9 Å². The molecule has 0 radical (unpaired) electrons. The molecule has 6 nitrogen and oxygen atoms in total.